The molecule has 6 heteroatoms. The summed E-state index contributed by atoms with van der Waals surface area (Å²) in [7, 11) is 0. The molecular weight excluding hydrogens is 382 g/mol. The van der Waals surface area contributed by atoms with Crippen molar-refractivity contribution in [1.29, 1.82) is 0 Å². The molecule has 5 nitrogen and oxygen atoms in total. The zero-order valence-corrected chi connectivity index (χ0v) is 16.5. The molecule has 0 aliphatic heterocycles. The van der Waals surface area contributed by atoms with Crippen LogP contribution in [0.2, 0.25) is 0 Å². The van der Waals surface area contributed by atoms with Crippen LogP contribution in [0.3, 0.4) is 0 Å². The molecule has 3 rings (SSSR count). The van der Waals surface area contributed by atoms with Crippen LogP contribution < -0.4 is 16.0 Å². The number of nitrogens with one attached hydrogen (secondary N) is 3. The minimum atomic E-state index is -0.194. The SMILES string of the molecule is O=C(Cc1ccccc1)NC(=S)Nc1cccc(NC(=O)Cc2ccccc2)c1. The molecule has 2 amide bonds. The van der Waals surface area contributed by atoms with Gasteiger partial charge in [0.2, 0.25) is 11.8 Å². The van der Waals surface area contributed by atoms with Crippen LogP contribution in [0.5, 0.6) is 0 Å². The molecule has 29 heavy (non-hydrogen) atoms. The number of carbonyl (C=O) groups excluding carboxylic acids is 2. The van der Waals surface area contributed by atoms with E-state index in [1.165, 1.54) is 0 Å². The van der Waals surface area contributed by atoms with Crippen molar-refractivity contribution in [3.8, 4) is 0 Å². The number of anilines is 2. The summed E-state index contributed by atoms with van der Waals surface area (Å²) >= 11 is 5.22. The summed E-state index contributed by atoms with van der Waals surface area (Å²) in [6, 6.07) is 26.2. The summed E-state index contributed by atoms with van der Waals surface area (Å²) in [6.45, 7) is 0. The van der Waals surface area contributed by atoms with Gasteiger partial charge in [0.1, 0.15) is 0 Å². The van der Waals surface area contributed by atoms with Crippen molar-refractivity contribution in [3.63, 3.8) is 0 Å². The third kappa shape index (κ3) is 6.86. The molecule has 0 bridgehead atoms. The molecule has 0 spiro atoms. The Morgan fingerprint density at radius 2 is 1.17 bits per heavy atom. The second-order valence-corrected chi connectivity index (χ2v) is 6.86. The van der Waals surface area contributed by atoms with Crippen molar-refractivity contribution in [2.45, 2.75) is 12.8 Å². The molecule has 0 aliphatic carbocycles. The maximum Gasteiger partial charge on any atom is 0.230 e. The fraction of sp³-hybridized carbons (Fsp3) is 0.0870. The summed E-state index contributed by atoms with van der Waals surface area (Å²) in [5.74, 6) is -0.298. The van der Waals surface area contributed by atoms with Crippen LogP contribution in [0.1, 0.15) is 11.1 Å². The summed E-state index contributed by atoms with van der Waals surface area (Å²) in [6.07, 6.45) is 0.546. The number of thiocarbonyl (C=S) groups is 1. The lowest BCUT2D eigenvalue weighted by Crippen LogP contribution is -2.35. The number of amides is 2. The van der Waals surface area contributed by atoms with Crippen molar-refractivity contribution in [3.05, 3.63) is 96.1 Å². The molecular formula is C23H21N3O2S. The monoisotopic (exact) mass is 403 g/mol. The Morgan fingerprint density at radius 3 is 1.76 bits per heavy atom. The largest absolute Gasteiger partial charge is 0.332 e. The Bertz CT molecular complexity index is 991. The summed E-state index contributed by atoms with van der Waals surface area (Å²) in [4.78, 5) is 24.3. The van der Waals surface area contributed by atoms with E-state index in [1.54, 1.807) is 18.2 Å². The quantitative estimate of drug-likeness (QED) is 0.546. The standard InChI is InChI=1S/C23H21N3O2S/c27-21(14-17-8-3-1-4-9-17)24-19-12-7-13-20(16-19)25-23(29)26-22(28)15-18-10-5-2-6-11-18/h1-13,16H,14-15H2,(H,24,27)(H2,25,26,28,29). The Morgan fingerprint density at radius 1 is 0.655 bits per heavy atom. The molecule has 3 aromatic rings. The Labute approximate surface area is 175 Å². The fourth-order valence-electron chi connectivity index (χ4n) is 2.78. The topological polar surface area (TPSA) is 70.2 Å². The normalized spacial score (nSPS) is 10.1. The minimum absolute atomic E-state index is 0.105. The average Bonchev–Trinajstić information content (AvgIpc) is 2.69. The number of hydrogen-bond donors (Lipinski definition) is 3. The highest BCUT2D eigenvalue weighted by Gasteiger charge is 2.08. The maximum absolute atomic E-state index is 12.2. The van der Waals surface area contributed by atoms with Crippen molar-refractivity contribution in [1.82, 2.24) is 5.32 Å². The van der Waals surface area contributed by atoms with Crippen molar-refractivity contribution in [2.75, 3.05) is 10.6 Å². The van der Waals surface area contributed by atoms with Gasteiger partial charge in [0, 0.05) is 11.4 Å². The van der Waals surface area contributed by atoms with E-state index in [0.29, 0.717) is 17.8 Å². The van der Waals surface area contributed by atoms with Crippen LogP contribution in [0.4, 0.5) is 11.4 Å². The lowest BCUT2D eigenvalue weighted by atomic mass is 10.1. The Balaban J connectivity index is 1.51. The van der Waals surface area contributed by atoms with Crippen LogP contribution in [0.15, 0.2) is 84.9 Å². The molecule has 3 aromatic carbocycles. The zero-order chi connectivity index (χ0) is 20.5. The van der Waals surface area contributed by atoms with Crippen LogP contribution in [-0.2, 0) is 22.4 Å². The Kier molecular flexibility index (Phi) is 7.08. The minimum Gasteiger partial charge on any atom is -0.332 e. The summed E-state index contributed by atoms with van der Waals surface area (Å²) in [5, 5.41) is 8.71. The van der Waals surface area contributed by atoms with Gasteiger partial charge in [-0.1, -0.05) is 66.7 Å². The van der Waals surface area contributed by atoms with Crippen molar-refractivity contribution >= 4 is 40.5 Å². The molecule has 0 fully saturated rings. The van der Waals surface area contributed by atoms with E-state index in [1.807, 2.05) is 66.7 Å². The smallest absolute Gasteiger partial charge is 0.230 e. The predicted octanol–water partition coefficient (Wildman–Crippen LogP) is 3.92. The van der Waals surface area contributed by atoms with E-state index in [9.17, 15) is 9.59 Å². The first-order valence-corrected chi connectivity index (χ1v) is 9.58. The van der Waals surface area contributed by atoms with E-state index < -0.39 is 0 Å². The molecule has 0 heterocycles. The first-order chi connectivity index (χ1) is 14.1. The van der Waals surface area contributed by atoms with Gasteiger partial charge in [-0.2, -0.15) is 0 Å². The van der Waals surface area contributed by atoms with Gasteiger partial charge >= 0.3 is 0 Å². The highest BCUT2D eigenvalue weighted by molar-refractivity contribution is 7.80. The van der Waals surface area contributed by atoms with Gasteiger partial charge in [-0.25, -0.2) is 0 Å². The molecule has 3 N–H and O–H groups in total. The first kappa shape index (κ1) is 20.2. The third-order valence-electron chi connectivity index (χ3n) is 4.07. The lowest BCUT2D eigenvalue weighted by Gasteiger charge is -2.11. The summed E-state index contributed by atoms with van der Waals surface area (Å²) in [5.41, 5.74) is 3.18. The van der Waals surface area contributed by atoms with Crippen LogP contribution in [-0.4, -0.2) is 16.9 Å². The van der Waals surface area contributed by atoms with E-state index >= 15 is 0 Å². The van der Waals surface area contributed by atoms with Gasteiger partial charge in [0.25, 0.3) is 0 Å². The number of hydrogen-bond acceptors (Lipinski definition) is 3. The van der Waals surface area contributed by atoms with E-state index in [0.717, 1.165) is 11.1 Å². The lowest BCUT2D eigenvalue weighted by molar-refractivity contribution is -0.119. The highest BCUT2D eigenvalue weighted by atomic mass is 32.1. The predicted molar refractivity (Wildman–Crippen MR) is 120 cm³/mol. The molecule has 0 saturated heterocycles. The number of carbonyl (C=O) groups is 2. The van der Waals surface area contributed by atoms with Crippen LogP contribution in [0, 0.1) is 0 Å². The van der Waals surface area contributed by atoms with Gasteiger partial charge in [0.15, 0.2) is 5.11 Å². The van der Waals surface area contributed by atoms with E-state index in [4.69, 9.17) is 12.2 Å². The van der Waals surface area contributed by atoms with Crippen LogP contribution >= 0.6 is 12.2 Å². The molecule has 0 aliphatic rings. The van der Waals surface area contributed by atoms with E-state index in [2.05, 4.69) is 16.0 Å². The van der Waals surface area contributed by atoms with Gasteiger partial charge in [-0.3, -0.25) is 9.59 Å². The van der Waals surface area contributed by atoms with Crippen LogP contribution in [0.25, 0.3) is 0 Å². The molecule has 0 atom stereocenters. The van der Waals surface area contributed by atoms with Gasteiger partial charge in [-0.05, 0) is 41.5 Å². The first-order valence-electron chi connectivity index (χ1n) is 9.17. The van der Waals surface area contributed by atoms with E-state index in [-0.39, 0.29) is 23.3 Å². The molecule has 0 radical (unpaired) electrons. The molecule has 0 saturated carbocycles. The third-order valence-corrected chi connectivity index (χ3v) is 4.28. The Hall–Kier alpha value is -3.51. The average molecular weight is 404 g/mol. The van der Waals surface area contributed by atoms with Gasteiger partial charge in [-0.15, -0.1) is 0 Å². The highest BCUT2D eigenvalue weighted by Crippen LogP contribution is 2.15. The van der Waals surface area contributed by atoms with Crippen molar-refractivity contribution in [2.24, 2.45) is 0 Å². The number of rotatable bonds is 6. The molecule has 146 valence electrons. The van der Waals surface area contributed by atoms with Gasteiger partial charge in [0.05, 0.1) is 12.8 Å². The zero-order valence-electron chi connectivity index (χ0n) is 15.7. The summed E-state index contributed by atoms with van der Waals surface area (Å²) < 4.78 is 0. The maximum atomic E-state index is 12.2. The second-order valence-electron chi connectivity index (χ2n) is 6.46. The number of benzene rings is 3. The fourth-order valence-corrected chi connectivity index (χ4v) is 3.01. The van der Waals surface area contributed by atoms with Crippen molar-refractivity contribution < 1.29 is 9.59 Å². The van der Waals surface area contributed by atoms with Gasteiger partial charge < -0.3 is 16.0 Å². The molecule has 0 unspecified atom stereocenters. The molecule has 0 aromatic heterocycles. The second kappa shape index (κ2) is 10.1.